The van der Waals surface area contributed by atoms with E-state index in [2.05, 4.69) is 95.6 Å². The van der Waals surface area contributed by atoms with Gasteiger partial charge in [0.25, 0.3) is 0 Å². The van der Waals surface area contributed by atoms with Crippen LogP contribution in [0.2, 0.25) is 0 Å². The zero-order valence-electron chi connectivity index (χ0n) is 8.24. The first-order valence-electron chi connectivity index (χ1n) is 4.27. The summed E-state index contributed by atoms with van der Waals surface area (Å²) < 4.78 is 9.96. The minimum absolute atomic E-state index is 0.950. The number of hydrogen-bond donors (Lipinski definition) is 0. The van der Waals surface area contributed by atoms with Crippen LogP contribution in [0.3, 0.4) is 0 Å². The zero-order chi connectivity index (χ0) is 12.9. The van der Waals surface area contributed by atoms with E-state index in [9.17, 15) is 0 Å². The Morgan fingerprint density at radius 2 is 1.41 bits per heavy atom. The van der Waals surface area contributed by atoms with E-state index in [0.717, 1.165) is 32.9 Å². The molecule has 0 bridgehead atoms. The Bertz CT molecular complexity index is 572. The van der Waals surface area contributed by atoms with Crippen molar-refractivity contribution in [1.29, 1.82) is 0 Å². The summed E-state index contributed by atoms with van der Waals surface area (Å²) in [6, 6.07) is 0. The van der Waals surface area contributed by atoms with Crippen LogP contribution in [0.5, 0.6) is 0 Å². The summed E-state index contributed by atoms with van der Waals surface area (Å²) in [5.74, 6) is 1.02. The molecule has 2 nitrogen and oxygen atoms in total. The molecule has 0 aromatic carbocycles. The summed E-state index contributed by atoms with van der Waals surface area (Å²) in [7, 11) is 1.99. The van der Waals surface area contributed by atoms with E-state index in [1.807, 2.05) is 22.4 Å². The lowest BCUT2D eigenvalue weighted by Crippen LogP contribution is -2.01. The van der Waals surface area contributed by atoms with Crippen LogP contribution < -0.4 is 0 Å². The first-order valence-corrected chi connectivity index (χ1v) is 9.03. The predicted octanol–water partition coefficient (Wildman–Crippen LogP) is 6.39. The van der Waals surface area contributed by atoms with Crippen LogP contribution in [0.1, 0.15) is 0 Å². The van der Waals surface area contributed by atoms with E-state index < -0.39 is 0 Å². The van der Waals surface area contributed by atoms with Gasteiger partial charge in [-0.25, -0.2) is 0 Å². The zero-order valence-corrected chi connectivity index (χ0v) is 17.8. The highest BCUT2D eigenvalue weighted by atomic mass is 79.9. The topological polar surface area (TPSA) is 9.86 Å². The Morgan fingerprint density at radius 3 is 1.76 bits per heavy atom. The van der Waals surface area contributed by atoms with Gasteiger partial charge in [0.05, 0.1) is 17.9 Å². The van der Waals surface area contributed by atoms with Gasteiger partial charge in [-0.1, -0.05) is 0 Å². The Morgan fingerprint density at radius 1 is 0.824 bits per heavy atom. The molecule has 2 rings (SSSR count). The fourth-order valence-corrected chi connectivity index (χ4v) is 4.58. The van der Waals surface area contributed by atoms with Crippen molar-refractivity contribution in [2.45, 2.75) is 0 Å². The van der Waals surface area contributed by atoms with Gasteiger partial charge in [-0.2, -0.15) is 0 Å². The normalized spacial score (nSPS) is 11.2. The van der Waals surface area contributed by atoms with Gasteiger partial charge in [-0.05, 0) is 95.6 Å². The summed E-state index contributed by atoms with van der Waals surface area (Å²) in [5.41, 5.74) is 0. The summed E-state index contributed by atoms with van der Waals surface area (Å²) in [5, 5.41) is 0. The molecule has 8 heteroatoms. The van der Waals surface area contributed by atoms with E-state index in [1.54, 1.807) is 0 Å². The number of aromatic nitrogens is 2. The number of halogens is 6. The minimum Gasteiger partial charge on any atom is -0.323 e. The summed E-state index contributed by atoms with van der Waals surface area (Å²) >= 11 is 21.2. The number of rotatable bonds is 1. The maximum absolute atomic E-state index is 3.59. The lowest BCUT2D eigenvalue weighted by Gasteiger charge is -2.08. The molecule has 17 heavy (non-hydrogen) atoms. The predicted molar refractivity (Wildman–Crippen MR) is 90.9 cm³/mol. The van der Waals surface area contributed by atoms with Gasteiger partial charge in [0, 0.05) is 13.2 Å². The largest absolute Gasteiger partial charge is 0.323 e. The smallest absolute Gasteiger partial charge is 0.134 e. The molecule has 0 fully saturated rings. The van der Waals surface area contributed by atoms with E-state index in [1.165, 1.54) is 0 Å². The molecule has 0 unspecified atom stereocenters. The third-order valence-electron chi connectivity index (χ3n) is 2.26. The lowest BCUT2D eigenvalue weighted by molar-refractivity contribution is 0.818. The second kappa shape index (κ2) is 5.44. The van der Waals surface area contributed by atoms with Gasteiger partial charge in [-0.3, -0.25) is 4.57 Å². The average molecular weight is 620 g/mol. The number of nitrogens with zero attached hydrogens (tertiary/aromatic N) is 2. The lowest BCUT2D eigenvalue weighted by atomic mass is 10.6. The quantitative estimate of drug-likeness (QED) is 0.350. The van der Waals surface area contributed by atoms with Crippen molar-refractivity contribution in [1.82, 2.24) is 9.13 Å². The summed E-state index contributed by atoms with van der Waals surface area (Å²) in [4.78, 5) is 0. The van der Waals surface area contributed by atoms with Crippen molar-refractivity contribution in [3.8, 4) is 5.82 Å². The molecule has 0 amide bonds. The van der Waals surface area contributed by atoms with Gasteiger partial charge >= 0.3 is 0 Å². The third-order valence-corrected chi connectivity index (χ3v) is 9.02. The van der Waals surface area contributed by atoms with Gasteiger partial charge in [-0.15, -0.1) is 0 Å². The monoisotopic (exact) mass is 614 g/mol. The van der Waals surface area contributed by atoms with Crippen molar-refractivity contribution >= 4 is 95.6 Å². The van der Waals surface area contributed by atoms with Crippen LogP contribution in [0.15, 0.2) is 33.3 Å². The van der Waals surface area contributed by atoms with Crippen LogP contribution >= 0.6 is 95.6 Å². The van der Waals surface area contributed by atoms with Crippen molar-refractivity contribution in [3.05, 3.63) is 33.3 Å². The molecule has 2 aromatic rings. The highest BCUT2D eigenvalue weighted by Crippen LogP contribution is 2.42. The second-order valence-electron chi connectivity index (χ2n) is 3.25. The van der Waals surface area contributed by atoms with Gasteiger partial charge in [0.15, 0.2) is 0 Å². The molecular formula is C9H4Br6N2. The molecule has 0 N–H and O–H groups in total. The minimum atomic E-state index is 0.950. The second-order valence-corrected chi connectivity index (χ2v) is 7.99. The average Bonchev–Trinajstić information content (AvgIpc) is 2.64. The highest BCUT2D eigenvalue weighted by Gasteiger charge is 2.20. The maximum atomic E-state index is 3.59. The van der Waals surface area contributed by atoms with E-state index in [-0.39, 0.29) is 0 Å². The van der Waals surface area contributed by atoms with Gasteiger partial charge in [0.1, 0.15) is 15.0 Å². The Hall–Kier alpha value is 1.44. The van der Waals surface area contributed by atoms with Crippen molar-refractivity contribution < 1.29 is 0 Å². The Balaban J connectivity index is 2.77. The fraction of sp³-hybridized carbons (Fsp3) is 0.111. The highest BCUT2D eigenvalue weighted by molar-refractivity contribution is 9.15. The molecule has 0 aliphatic rings. The van der Waals surface area contributed by atoms with Crippen molar-refractivity contribution in [3.63, 3.8) is 0 Å². The molecule has 2 aromatic heterocycles. The number of hydrogen-bond acceptors (Lipinski definition) is 0. The standard InChI is InChI=1S/C9H4Br6N2/c1-16-7(14)5(12)6(13)9(16)17-2-3(10)4(11)8(17)15/h2H,1H3. The van der Waals surface area contributed by atoms with Crippen LogP contribution in [-0.4, -0.2) is 9.13 Å². The molecule has 2 heterocycles. The molecule has 0 aliphatic heterocycles. The Labute approximate surface area is 149 Å². The van der Waals surface area contributed by atoms with E-state index in [4.69, 9.17) is 0 Å². The maximum Gasteiger partial charge on any atom is 0.134 e. The van der Waals surface area contributed by atoms with Crippen molar-refractivity contribution in [2.75, 3.05) is 0 Å². The van der Waals surface area contributed by atoms with Gasteiger partial charge in [0.2, 0.25) is 0 Å². The Kier molecular flexibility index (Phi) is 4.75. The SMILES string of the molecule is Cn1c(Br)c(Br)c(Br)c1-n1cc(Br)c(Br)c1Br. The first-order chi connectivity index (χ1) is 7.86. The van der Waals surface area contributed by atoms with Crippen LogP contribution in [0.4, 0.5) is 0 Å². The van der Waals surface area contributed by atoms with E-state index >= 15 is 0 Å². The summed E-state index contributed by atoms with van der Waals surface area (Å²) in [6.45, 7) is 0. The molecular weight excluding hydrogens is 616 g/mol. The van der Waals surface area contributed by atoms with E-state index in [0.29, 0.717) is 0 Å². The van der Waals surface area contributed by atoms with Gasteiger partial charge < -0.3 is 4.57 Å². The fourth-order valence-electron chi connectivity index (χ4n) is 1.43. The van der Waals surface area contributed by atoms with Crippen LogP contribution in [-0.2, 0) is 7.05 Å². The first kappa shape index (κ1) is 14.8. The summed E-state index contributed by atoms with van der Waals surface area (Å²) in [6.07, 6.45) is 1.99. The molecule has 0 saturated heterocycles. The molecule has 0 spiro atoms. The molecule has 92 valence electrons. The molecule has 0 saturated carbocycles. The molecule has 0 aliphatic carbocycles. The van der Waals surface area contributed by atoms with Crippen LogP contribution in [0.25, 0.3) is 5.82 Å². The van der Waals surface area contributed by atoms with Crippen molar-refractivity contribution in [2.24, 2.45) is 7.05 Å². The third kappa shape index (κ3) is 2.42. The van der Waals surface area contributed by atoms with Crippen LogP contribution in [0, 0.1) is 0 Å². The molecule has 0 atom stereocenters. The molecule has 0 radical (unpaired) electrons.